The van der Waals surface area contributed by atoms with Gasteiger partial charge >= 0.3 is 0 Å². The van der Waals surface area contributed by atoms with E-state index < -0.39 is 22.8 Å². The Morgan fingerprint density at radius 3 is 2.42 bits per heavy atom. The summed E-state index contributed by atoms with van der Waals surface area (Å²) in [4.78, 5) is 41.9. The van der Waals surface area contributed by atoms with Crippen molar-refractivity contribution in [2.75, 3.05) is 5.32 Å². The van der Waals surface area contributed by atoms with E-state index in [0.717, 1.165) is 5.56 Å². The molecular weight excluding hydrogens is 412 g/mol. The second-order valence-electron chi connectivity index (χ2n) is 9.33. The van der Waals surface area contributed by atoms with Crippen LogP contribution in [0, 0.1) is 16.7 Å². The maximum absolute atomic E-state index is 13.7. The zero-order valence-corrected chi connectivity index (χ0v) is 18.8. The number of likely N-dealkylation sites (tertiary alicyclic amines) is 1. The first-order valence-corrected chi connectivity index (χ1v) is 11.0. The third kappa shape index (κ3) is 3.45. The van der Waals surface area contributed by atoms with Crippen molar-refractivity contribution in [2.24, 2.45) is 16.7 Å². The molecule has 162 valence electrons. The standard InChI is InChI=1S/C25H27ClN2O3/c1-24(2)17-13-14-25(24,3)23(31)28(22(17)30)20(15-16-9-5-4-6-10-16)21(29)27-19-12-8-7-11-18(19)26/h4-12,17,20H,13-15H2,1-3H3,(H,27,29). The molecular formula is C25H27ClN2O3. The number of halogens is 1. The minimum atomic E-state index is -0.949. The lowest BCUT2D eigenvalue weighted by Gasteiger charge is -2.49. The minimum absolute atomic E-state index is 0.248. The van der Waals surface area contributed by atoms with E-state index in [1.54, 1.807) is 24.3 Å². The highest BCUT2D eigenvalue weighted by Gasteiger charge is 2.65. The number of hydrogen-bond donors (Lipinski definition) is 1. The topological polar surface area (TPSA) is 66.5 Å². The molecule has 2 aromatic rings. The molecule has 0 aromatic heterocycles. The summed E-state index contributed by atoms with van der Waals surface area (Å²) in [5.74, 6) is -1.20. The second-order valence-corrected chi connectivity index (χ2v) is 9.74. The lowest BCUT2D eigenvalue weighted by Crippen LogP contribution is -2.64. The zero-order valence-electron chi connectivity index (χ0n) is 18.0. The Kier molecular flexibility index (Phi) is 5.42. The van der Waals surface area contributed by atoms with E-state index in [1.807, 2.05) is 51.1 Å². The van der Waals surface area contributed by atoms with Gasteiger partial charge in [-0.15, -0.1) is 0 Å². The number of amides is 3. The SMILES string of the molecule is CC12CCC(C(=O)N(C(Cc3ccccc3)C(=O)Nc3ccccc3Cl)C1=O)C2(C)C. The van der Waals surface area contributed by atoms with E-state index in [9.17, 15) is 14.4 Å². The van der Waals surface area contributed by atoms with E-state index in [2.05, 4.69) is 5.32 Å². The lowest BCUT2D eigenvalue weighted by molar-refractivity contribution is -0.172. The van der Waals surface area contributed by atoms with Gasteiger partial charge in [0.1, 0.15) is 6.04 Å². The molecule has 4 rings (SSSR count). The van der Waals surface area contributed by atoms with Crippen LogP contribution in [0.2, 0.25) is 5.02 Å². The van der Waals surface area contributed by atoms with Crippen molar-refractivity contribution in [3.63, 3.8) is 0 Å². The van der Waals surface area contributed by atoms with Crippen molar-refractivity contribution in [1.82, 2.24) is 4.90 Å². The van der Waals surface area contributed by atoms with E-state index in [-0.39, 0.29) is 24.2 Å². The number of nitrogens with one attached hydrogen (secondary N) is 1. The van der Waals surface area contributed by atoms with E-state index in [4.69, 9.17) is 11.6 Å². The number of anilines is 1. The summed E-state index contributed by atoms with van der Waals surface area (Å²) in [6.45, 7) is 5.92. The molecule has 1 heterocycles. The van der Waals surface area contributed by atoms with Gasteiger partial charge in [0.25, 0.3) is 0 Å². The molecule has 5 nitrogen and oxygen atoms in total. The Morgan fingerprint density at radius 2 is 1.74 bits per heavy atom. The molecule has 1 saturated carbocycles. The van der Waals surface area contributed by atoms with Gasteiger partial charge in [-0.2, -0.15) is 0 Å². The van der Waals surface area contributed by atoms with Gasteiger partial charge in [-0.3, -0.25) is 19.3 Å². The van der Waals surface area contributed by atoms with E-state index in [1.165, 1.54) is 4.90 Å². The third-order valence-electron chi connectivity index (χ3n) is 7.47. The first kappa shape index (κ1) is 21.6. The molecule has 2 bridgehead atoms. The largest absolute Gasteiger partial charge is 0.323 e. The second kappa shape index (κ2) is 7.79. The number of para-hydroxylation sites is 1. The zero-order chi connectivity index (χ0) is 22.4. The van der Waals surface area contributed by atoms with Crippen LogP contribution >= 0.6 is 11.6 Å². The molecule has 1 aliphatic carbocycles. The van der Waals surface area contributed by atoms with Gasteiger partial charge in [0, 0.05) is 12.3 Å². The molecule has 3 unspecified atom stereocenters. The van der Waals surface area contributed by atoms with Crippen LogP contribution in [0.5, 0.6) is 0 Å². The number of piperidine rings is 1. The van der Waals surface area contributed by atoms with Crippen LogP contribution in [0.4, 0.5) is 5.69 Å². The Labute approximate surface area is 187 Å². The average Bonchev–Trinajstić information content (AvgIpc) is 2.93. The quantitative estimate of drug-likeness (QED) is 0.688. The van der Waals surface area contributed by atoms with Crippen LogP contribution in [-0.2, 0) is 20.8 Å². The molecule has 2 fully saturated rings. The summed E-state index contributed by atoms with van der Waals surface area (Å²) in [7, 11) is 0. The number of carbonyl (C=O) groups excluding carboxylic acids is 3. The molecule has 31 heavy (non-hydrogen) atoms. The molecule has 3 atom stereocenters. The monoisotopic (exact) mass is 438 g/mol. The number of benzene rings is 2. The Bertz CT molecular complexity index is 1040. The van der Waals surface area contributed by atoms with Gasteiger partial charge in [0.15, 0.2) is 0 Å². The molecule has 2 aromatic carbocycles. The molecule has 2 aliphatic rings. The van der Waals surface area contributed by atoms with Gasteiger partial charge < -0.3 is 5.32 Å². The van der Waals surface area contributed by atoms with Gasteiger partial charge in [0.2, 0.25) is 17.7 Å². The molecule has 0 radical (unpaired) electrons. The predicted molar refractivity (Wildman–Crippen MR) is 120 cm³/mol. The van der Waals surface area contributed by atoms with Crippen molar-refractivity contribution in [1.29, 1.82) is 0 Å². The summed E-state index contributed by atoms with van der Waals surface area (Å²) in [6.07, 6.45) is 1.56. The van der Waals surface area contributed by atoms with Crippen LogP contribution in [0.25, 0.3) is 0 Å². The van der Waals surface area contributed by atoms with Crippen molar-refractivity contribution in [2.45, 2.75) is 46.1 Å². The molecule has 0 spiro atoms. The van der Waals surface area contributed by atoms with Gasteiger partial charge in [-0.25, -0.2) is 0 Å². The van der Waals surface area contributed by atoms with Crippen LogP contribution in [-0.4, -0.2) is 28.7 Å². The van der Waals surface area contributed by atoms with Crippen molar-refractivity contribution in [3.05, 3.63) is 65.2 Å². The van der Waals surface area contributed by atoms with Crippen LogP contribution in [0.1, 0.15) is 39.2 Å². The van der Waals surface area contributed by atoms with Crippen molar-refractivity contribution < 1.29 is 14.4 Å². The maximum Gasteiger partial charge on any atom is 0.248 e. The summed E-state index contributed by atoms with van der Waals surface area (Å²) < 4.78 is 0. The fourth-order valence-corrected chi connectivity index (χ4v) is 5.24. The summed E-state index contributed by atoms with van der Waals surface area (Å²) in [6, 6.07) is 15.4. The number of rotatable bonds is 5. The normalized spacial score (nSPS) is 25.4. The molecule has 3 amide bonds. The van der Waals surface area contributed by atoms with Crippen molar-refractivity contribution in [3.8, 4) is 0 Å². The van der Waals surface area contributed by atoms with Crippen molar-refractivity contribution >= 4 is 35.0 Å². The highest BCUT2D eigenvalue weighted by atomic mass is 35.5. The number of hydrogen-bond acceptors (Lipinski definition) is 3. The summed E-state index contributed by atoms with van der Waals surface area (Å²) in [5, 5.41) is 3.24. The van der Waals surface area contributed by atoms with Crippen LogP contribution in [0.15, 0.2) is 54.6 Å². The van der Waals surface area contributed by atoms with Crippen LogP contribution < -0.4 is 5.32 Å². The number of carbonyl (C=O) groups is 3. The molecule has 1 N–H and O–H groups in total. The van der Waals surface area contributed by atoms with Gasteiger partial charge in [0.05, 0.1) is 16.1 Å². The Morgan fingerprint density at radius 1 is 1.10 bits per heavy atom. The smallest absolute Gasteiger partial charge is 0.248 e. The summed E-state index contributed by atoms with van der Waals surface area (Å²) in [5.41, 5.74) is 0.225. The van der Waals surface area contributed by atoms with Gasteiger partial charge in [-0.1, -0.05) is 74.8 Å². The first-order valence-electron chi connectivity index (χ1n) is 10.6. The highest BCUT2D eigenvalue weighted by Crippen LogP contribution is 2.60. The van der Waals surface area contributed by atoms with Gasteiger partial charge in [-0.05, 0) is 36.0 Å². The lowest BCUT2D eigenvalue weighted by atomic mass is 9.62. The van der Waals surface area contributed by atoms with E-state index in [0.29, 0.717) is 23.6 Å². The predicted octanol–water partition coefficient (Wildman–Crippen LogP) is 4.70. The molecule has 1 aliphatic heterocycles. The van der Waals surface area contributed by atoms with E-state index >= 15 is 0 Å². The molecule has 6 heteroatoms. The number of nitrogens with zero attached hydrogens (tertiary/aromatic N) is 1. The third-order valence-corrected chi connectivity index (χ3v) is 7.80. The first-order chi connectivity index (χ1) is 14.7. The minimum Gasteiger partial charge on any atom is -0.323 e. The molecule has 1 saturated heterocycles. The average molecular weight is 439 g/mol. The number of fused-ring (bicyclic) bond motifs is 2. The summed E-state index contributed by atoms with van der Waals surface area (Å²) >= 11 is 6.23. The number of imide groups is 1. The fourth-order valence-electron chi connectivity index (χ4n) is 5.06. The maximum atomic E-state index is 13.7. The fraction of sp³-hybridized carbons (Fsp3) is 0.400. The Hall–Kier alpha value is -2.66. The van der Waals surface area contributed by atoms with Crippen LogP contribution in [0.3, 0.4) is 0 Å². The Balaban J connectivity index is 1.72. The highest BCUT2D eigenvalue weighted by molar-refractivity contribution is 6.33.